The van der Waals surface area contributed by atoms with E-state index in [1.54, 1.807) is 0 Å². The van der Waals surface area contributed by atoms with Crippen LogP contribution in [0.1, 0.15) is 125 Å². The SMILES string of the molecule is CC[C@H](CC[C@@H](C)[C@H]1CCC2C3CCC4C[C@@H](OC(=O)CCOP(=O)(O)OCC[N+](C)(C)C)CC[C@]4(C)C3CC[C@@]21C)C(C)C.[OH-]. The quantitative estimate of drug-likeness (QED) is 0.105. The molecule has 4 saturated carbocycles. The van der Waals surface area contributed by atoms with Crippen molar-refractivity contribution in [1.82, 2.24) is 0 Å². The van der Waals surface area contributed by atoms with Crippen LogP contribution in [0, 0.1) is 58.2 Å². The van der Waals surface area contributed by atoms with Crippen LogP contribution >= 0.6 is 7.82 Å². The first-order valence-electron chi connectivity index (χ1n) is 18.6. The molecule has 11 atom stereocenters. The fourth-order valence-corrected chi connectivity index (χ4v) is 11.7. The van der Waals surface area contributed by atoms with Gasteiger partial charge < -0.3 is 19.6 Å². The van der Waals surface area contributed by atoms with Crippen LogP contribution in [0.3, 0.4) is 0 Å². The van der Waals surface area contributed by atoms with E-state index >= 15 is 0 Å². The van der Waals surface area contributed by atoms with E-state index in [1.807, 2.05) is 21.1 Å². The maximum Gasteiger partial charge on any atom is 0.472 e. The molecule has 4 fully saturated rings. The minimum Gasteiger partial charge on any atom is -0.870 e. The number of fused-ring (bicyclic) bond motifs is 5. The van der Waals surface area contributed by atoms with Gasteiger partial charge in [-0.15, -0.1) is 0 Å². The maximum atomic E-state index is 12.7. The van der Waals surface area contributed by atoms with Gasteiger partial charge in [0.05, 0.1) is 34.2 Å². The lowest BCUT2D eigenvalue weighted by atomic mass is 9.44. The summed E-state index contributed by atoms with van der Waals surface area (Å²) in [6.45, 7) is 15.5. The summed E-state index contributed by atoms with van der Waals surface area (Å²) < 4.78 is 28.8. The summed E-state index contributed by atoms with van der Waals surface area (Å²) in [7, 11) is 1.77. The Balaban J connectivity index is 0.00000576. The van der Waals surface area contributed by atoms with E-state index in [-0.39, 0.29) is 37.2 Å². The summed E-state index contributed by atoms with van der Waals surface area (Å²) in [4.78, 5) is 22.6. The smallest absolute Gasteiger partial charge is 0.472 e. The van der Waals surface area contributed by atoms with E-state index < -0.39 is 7.82 Å². The van der Waals surface area contributed by atoms with Crippen molar-refractivity contribution in [3.05, 3.63) is 0 Å². The van der Waals surface area contributed by atoms with Gasteiger partial charge in [0, 0.05) is 0 Å². The number of phosphoric ester groups is 1. The summed E-state index contributed by atoms with van der Waals surface area (Å²) in [5.41, 5.74) is 0.853. The summed E-state index contributed by atoms with van der Waals surface area (Å²) in [5.74, 6) is 6.17. The molecule has 4 aliphatic carbocycles. The van der Waals surface area contributed by atoms with Gasteiger partial charge in [0.2, 0.25) is 0 Å². The summed E-state index contributed by atoms with van der Waals surface area (Å²) in [6.07, 6.45) is 15.2. The van der Waals surface area contributed by atoms with E-state index in [2.05, 4.69) is 41.5 Å². The zero-order valence-electron chi connectivity index (χ0n) is 30.8. The number of esters is 1. The number of rotatable bonds is 15. The van der Waals surface area contributed by atoms with Crippen LogP contribution in [-0.4, -0.2) is 67.8 Å². The highest BCUT2D eigenvalue weighted by Crippen LogP contribution is 2.68. The van der Waals surface area contributed by atoms with Crippen molar-refractivity contribution in [1.29, 1.82) is 0 Å². The molecule has 270 valence electrons. The molecule has 0 radical (unpaired) electrons. The number of nitrogens with zero attached hydrogens (tertiary/aromatic N) is 1. The third-order valence-electron chi connectivity index (χ3n) is 13.7. The predicted molar refractivity (Wildman–Crippen MR) is 183 cm³/mol. The monoisotopic (exact) mass is 671 g/mol. The largest absolute Gasteiger partial charge is 0.870 e. The number of likely N-dealkylation sites (N-methyl/N-ethyl adjacent to an activating group) is 1. The van der Waals surface area contributed by atoms with Gasteiger partial charge in [-0.2, -0.15) is 0 Å². The molecular weight excluding hydrogens is 601 g/mol. The minimum absolute atomic E-state index is 0. The molecule has 0 aromatic rings. The number of carbonyl (C=O) groups excluding carboxylic acids is 1. The topological polar surface area (TPSA) is 112 Å². The molecule has 8 nitrogen and oxygen atoms in total. The number of carbonyl (C=O) groups is 1. The molecule has 0 amide bonds. The first-order valence-corrected chi connectivity index (χ1v) is 20.1. The molecule has 0 spiro atoms. The Morgan fingerprint density at radius 1 is 0.913 bits per heavy atom. The maximum absolute atomic E-state index is 12.7. The van der Waals surface area contributed by atoms with Gasteiger partial charge in [-0.1, -0.05) is 54.4 Å². The highest BCUT2D eigenvalue weighted by Gasteiger charge is 2.60. The highest BCUT2D eigenvalue weighted by atomic mass is 31.2. The van der Waals surface area contributed by atoms with Crippen LogP contribution in [0.25, 0.3) is 0 Å². The molecule has 2 N–H and O–H groups in total. The standard InChI is InChI=1S/C37H68NO6P.H2O/c1-10-28(26(2)3)12-11-27(4)32-15-16-33-31-14-13-29-25-30(17-20-36(29,5)34(31)18-21-37(32,33)6)44-35(39)19-23-42-45(40,41)43-24-22-38(7,8)9;/h26-34H,10-25H2,1-9H3;1H2/t27-,28-,29?,30+,31?,32-,33?,34?,36+,37-;/m1./s1. The molecule has 4 rings (SSSR count). The molecule has 46 heavy (non-hydrogen) atoms. The second-order valence-electron chi connectivity index (χ2n) is 17.6. The Kier molecular flexibility index (Phi) is 13.9. The fraction of sp³-hybridized carbons (Fsp3) is 0.973. The lowest BCUT2D eigenvalue weighted by Gasteiger charge is -2.61. The Hall–Kier alpha value is -0.500. The Bertz CT molecular complexity index is 1030. The number of hydrogen-bond acceptors (Lipinski definition) is 6. The fourth-order valence-electron chi connectivity index (χ4n) is 10.9. The van der Waals surface area contributed by atoms with Crippen molar-refractivity contribution >= 4 is 13.8 Å². The molecule has 9 heteroatoms. The molecule has 0 aliphatic heterocycles. The number of quaternary nitrogens is 1. The van der Waals surface area contributed by atoms with E-state index in [9.17, 15) is 14.3 Å². The summed E-state index contributed by atoms with van der Waals surface area (Å²) in [6, 6.07) is 0. The highest BCUT2D eigenvalue weighted by molar-refractivity contribution is 7.47. The Morgan fingerprint density at radius 3 is 2.22 bits per heavy atom. The van der Waals surface area contributed by atoms with Crippen molar-refractivity contribution in [2.24, 2.45) is 58.2 Å². The van der Waals surface area contributed by atoms with E-state index in [4.69, 9.17) is 13.8 Å². The molecule has 0 saturated heterocycles. The first-order chi connectivity index (χ1) is 21.0. The molecule has 0 aromatic heterocycles. The van der Waals surface area contributed by atoms with Gasteiger partial charge in [-0.25, -0.2) is 4.57 Å². The van der Waals surface area contributed by atoms with E-state index in [0.717, 1.165) is 60.7 Å². The van der Waals surface area contributed by atoms with Crippen LogP contribution in [0.4, 0.5) is 0 Å². The van der Waals surface area contributed by atoms with E-state index in [0.29, 0.717) is 27.8 Å². The third-order valence-corrected chi connectivity index (χ3v) is 14.7. The van der Waals surface area contributed by atoms with Crippen molar-refractivity contribution < 1.29 is 38.0 Å². The first kappa shape index (κ1) is 39.9. The minimum atomic E-state index is -4.17. The lowest BCUT2D eigenvalue weighted by Crippen LogP contribution is -2.54. The van der Waals surface area contributed by atoms with Crippen molar-refractivity contribution in [2.45, 2.75) is 131 Å². The molecule has 5 unspecified atom stereocenters. The molecule has 0 heterocycles. The van der Waals surface area contributed by atoms with Gasteiger partial charge in [0.25, 0.3) is 0 Å². The van der Waals surface area contributed by atoms with Crippen molar-refractivity contribution in [3.8, 4) is 0 Å². The third kappa shape index (κ3) is 9.38. The zero-order chi connectivity index (χ0) is 33.2. The van der Waals surface area contributed by atoms with Gasteiger partial charge in [0.1, 0.15) is 19.3 Å². The average Bonchev–Trinajstić information content (AvgIpc) is 3.29. The van der Waals surface area contributed by atoms with Crippen LogP contribution < -0.4 is 0 Å². The van der Waals surface area contributed by atoms with Gasteiger partial charge in [-0.3, -0.25) is 13.8 Å². The number of ether oxygens (including phenoxy) is 1. The molecule has 4 aliphatic rings. The molecule has 0 aromatic carbocycles. The second kappa shape index (κ2) is 16.0. The van der Waals surface area contributed by atoms with Crippen LogP contribution in [0.2, 0.25) is 0 Å². The van der Waals surface area contributed by atoms with Crippen molar-refractivity contribution in [3.63, 3.8) is 0 Å². The summed E-state index contributed by atoms with van der Waals surface area (Å²) in [5, 5.41) is 0. The van der Waals surface area contributed by atoms with Gasteiger partial charge in [-0.05, 0) is 122 Å². The van der Waals surface area contributed by atoms with Crippen molar-refractivity contribution in [2.75, 3.05) is 40.9 Å². The Morgan fingerprint density at radius 2 is 1.57 bits per heavy atom. The van der Waals surface area contributed by atoms with Crippen LogP contribution in [-0.2, 0) is 23.1 Å². The summed E-state index contributed by atoms with van der Waals surface area (Å²) >= 11 is 0. The van der Waals surface area contributed by atoms with Gasteiger partial charge >= 0.3 is 13.8 Å². The Labute approximate surface area is 281 Å². The molecular formula is C37H70NO7P. The van der Waals surface area contributed by atoms with Gasteiger partial charge in [0.15, 0.2) is 0 Å². The number of phosphoric acid groups is 1. The zero-order valence-corrected chi connectivity index (χ0v) is 31.7. The predicted octanol–water partition coefficient (Wildman–Crippen LogP) is 8.71. The average molecular weight is 672 g/mol. The normalized spacial score (nSPS) is 36.8. The molecule has 0 bridgehead atoms. The number of hydrogen-bond donors (Lipinski definition) is 1. The van der Waals surface area contributed by atoms with Crippen LogP contribution in [0.15, 0.2) is 0 Å². The van der Waals surface area contributed by atoms with E-state index in [1.165, 1.54) is 57.8 Å². The van der Waals surface area contributed by atoms with Crippen LogP contribution in [0.5, 0.6) is 0 Å². The second-order valence-corrected chi connectivity index (χ2v) is 19.1. The lowest BCUT2D eigenvalue weighted by molar-refractivity contribution is -0.870.